The summed E-state index contributed by atoms with van der Waals surface area (Å²) in [5.74, 6) is 1.64. The fourth-order valence-corrected chi connectivity index (χ4v) is 4.09. The maximum absolute atomic E-state index is 10.7. The molecule has 0 fully saturated rings. The molecule has 3 N–H and O–H groups in total. The molecule has 136 valence electrons. The number of benzene rings is 2. The van der Waals surface area contributed by atoms with Crippen LogP contribution in [0.4, 0.5) is 0 Å². The average Bonchev–Trinajstić information content (AvgIpc) is 3.05. The van der Waals surface area contributed by atoms with E-state index in [1.165, 1.54) is 7.11 Å². The van der Waals surface area contributed by atoms with Crippen LogP contribution in [-0.2, 0) is 11.2 Å². The van der Waals surface area contributed by atoms with Gasteiger partial charge in [0.15, 0.2) is 29.3 Å². The molecule has 0 unspecified atom stereocenters. The van der Waals surface area contributed by atoms with Crippen LogP contribution in [-0.4, -0.2) is 30.7 Å². The van der Waals surface area contributed by atoms with Crippen LogP contribution in [0, 0.1) is 0 Å². The van der Waals surface area contributed by atoms with E-state index in [2.05, 4.69) is 5.32 Å². The number of phenols is 1. The van der Waals surface area contributed by atoms with Gasteiger partial charge in [-0.05, 0) is 47.9 Å². The molecule has 0 aliphatic carbocycles. The summed E-state index contributed by atoms with van der Waals surface area (Å²) in [7, 11) is 1.53. The van der Waals surface area contributed by atoms with Crippen LogP contribution in [0.5, 0.6) is 23.0 Å². The second kappa shape index (κ2) is 5.77. The molecule has 2 aromatic carbocycles. The SMILES string of the molecule is COc1cc2c(cc1O)[C@@H]1O[C@@H](O)c3c(ccc4c3OCO4)[C@H]1NCC2. The van der Waals surface area contributed by atoms with E-state index in [-0.39, 0.29) is 18.6 Å². The van der Waals surface area contributed by atoms with Gasteiger partial charge in [0.1, 0.15) is 6.10 Å². The van der Waals surface area contributed by atoms with Crippen molar-refractivity contribution in [1.29, 1.82) is 0 Å². The van der Waals surface area contributed by atoms with Crippen molar-refractivity contribution in [3.63, 3.8) is 0 Å². The predicted molar refractivity (Wildman–Crippen MR) is 90.5 cm³/mol. The van der Waals surface area contributed by atoms with Gasteiger partial charge in [-0.3, -0.25) is 0 Å². The third-order valence-electron chi connectivity index (χ3n) is 5.28. The van der Waals surface area contributed by atoms with Crippen LogP contribution in [0.3, 0.4) is 0 Å². The third kappa shape index (κ3) is 2.18. The van der Waals surface area contributed by atoms with Crippen molar-refractivity contribution in [2.75, 3.05) is 20.4 Å². The first-order chi connectivity index (χ1) is 12.7. The van der Waals surface area contributed by atoms with Crippen molar-refractivity contribution in [1.82, 2.24) is 5.32 Å². The van der Waals surface area contributed by atoms with Crippen LogP contribution in [0.15, 0.2) is 24.3 Å². The van der Waals surface area contributed by atoms with E-state index in [0.717, 1.165) is 29.7 Å². The molecule has 26 heavy (non-hydrogen) atoms. The molecule has 7 nitrogen and oxygen atoms in total. The van der Waals surface area contributed by atoms with E-state index in [9.17, 15) is 10.2 Å². The minimum absolute atomic E-state index is 0.0569. The van der Waals surface area contributed by atoms with Crippen LogP contribution in [0.2, 0.25) is 0 Å². The maximum Gasteiger partial charge on any atom is 0.231 e. The van der Waals surface area contributed by atoms with Crippen LogP contribution in [0.1, 0.15) is 40.7 Å². The van der Waals surface area contributed by atoms with Crippen LogP contribution in [0.25, 0.3) is 0 Å². The Hall–Kier alpha value is -2.48. The standard InChI is InChI=1S/C19H19NO6/c1-23-14-6-9-4-5-20-16-10-2-3-13-18(25-8-24-13)15(10)19(22)26-17(16)11(9)7-12(14)21/h2-3,6-7,16-17,19-22H,4-5,8H2,1H3/t16-,17+,19-/m1/s1. The van der Waals surface area contributed by atoms with Crippen molar-refractivity contribution < 1.29 is 29.2 Å². The number of aliphatic hydroxyl groups is 1. The highest BCUT2D eigenvalue weighted by Gasteiger charge is 2.41. The second-order valence-corrected chi connectivity index (χ2v) is 6.62. The second-order valence-electron chi connectivity index (χ2n) is 6.62. The van der Waals surface area contributed by atoms with Crippen molar-refractivity contribution in [3.05, 3.63) is 46.5 Å². The number of rotatable bonds is 1. The predicted octanol–water partition coefficient (Wildman–Crippen LogP) is 2.08. The van der Waals surface area contributed by atoms with Crippen molar-refractivity contribution in [2.24, 2.45) is 0 Å². The molecular weight excluding hydrogens is 338 g/mol. The summed E-state index contributed by atoms with van der Waals surface area (Å²) in [6.45, 7) is 0.867. The van der Waals surface area contributed by atoms with E-state index >= 15 is 0 Å². The number of aromatic hydroxyl groups is 1. The monoisotopic (exact) mass is 357 g/mol. The van der Waals surface area contributed by atoms with Crippen LogP contribution < -0.4 is 19.5 Å². The minimum atomic E-state index is -1.14. The van der Waals surface area contributed by atoms with Gasteiger partial charge in [0.05, 0.1) is 18.7 Å². The van der Waals surface area contributed by atoms with Gasteiger partial charge in [0, 0.05) is 0 Å². The molecule has 5 rings (SSSR count). The van der Waals surface area contributed by atoms with E-state index in [1.54, 1.807) is 6.07 Å². The molecule has 0 saturated carbocycles. The lowest BCUT2D eigenvalue weighted by Gasteiger charge is -2.36. The molecule has 0 bridgehead atoms. The quantitative estimate of drug-likeness (QED) is 0.720. The van der Waals surface area contributed by atoms with Gasteiger partial charge in [-0.2, -0.15) is 0 Å². The summed E-state index contributed by atoms with van der Waals surface area (Å²) >= 11 is 0. The fraction of sp³-hybridized carbons (Fsp3) is 0.368. The Morgan fingerprint density at radius 1 is 1.19 bits per heavy atom. The number of phenolic OH excluding ortho intramolecular Hbond substituents is 1. The van der Waals surface area contributed by atoms with Crippen molar-refractivity contribution in [3.8, 4) is 23.0 Å². The number of hydrogen-bond acceptors (Lipinski definition) is 7. The van der Waals surface area contributed by atoms with Gasteiger partial charge in [-0.15, -0.1) is 0 Å². The lowest BCUT2D eigenvalue weighted by Crippen LogP contribution is -2.33. The van der Waals surface area contributed by atoms with Crippen molar-refractivity contribution in [2.45, 2.75) is 24.9 Å². The third-order valence-corrected chi connectivity index (χ3v) is 5.28. The topological polar surface area (TPSA) is 89.4 Å². The summed E-state index contributed by atoms with van der Waals surface area (Å²) in [6.07, 6.45) is -0.815. The first-order valence-electron chi connectivity index (χ1n) is 8.56. The summed E-state index contributed by atoms with van der Waals surface area (Å²) in [5, 5.41) is 24.4. The largest absolute Gasteiger partial charge is 0.504 e. The molecule has 0 radical (unpaired) electrons. The zero-order chi connectivity index (χ0) is 17.8. The van der Waals surface area contributed by atoms with Crippen LogP contribution >= 0.6 is 0 Å². The molecule has 0 aromatic heterocycles. The molecule has 3 atom stereocenters. The van der Waals surface area contributed by atoms with E-state index in [0.29, 0.717) is 22.8 Å². The highest BCUT2D eigenvalue weighted by molar-refractivity contribution is 5.56. The molecule has 0 amide bonds. The molecular formula is C19H19NO6. The number of aliphatic hydroxyl groups excluding tert-OH is 1. The van der Waals surface area contributed by atoms with Crippen molar-refractivity contribution >= 4 is 0 Å². The number of hydrogen-bond donors (Lipinski definition) is 3. The minimum Gasteiger partial charge on any atom is -0.504 e. The highest BCUT2D eigenvalue weighted by Crippen LogP contribution is 2.52. The normalized spacial score (nSPS) is 25.7. The lowest BCUT2D eigenvalue weighted by molar-refractivity contribution is -0.163. The maximum atomic E-state index is 10.7. The average molecular weight is 357 g/mol. The molecule has 2 aromatic rings. The Labute approximate surface area is 150 Å². The molecule has 3 heterocycles. The van der Waals surface area contributed by atoms with Gasteiger partial charge in [-0.25, -0.2) is 0 Å². The first kappa shape index (κ1) is 15.7. The molecule has 0 saturated heterocycles. The van der Waals surface area contributed by atoms with Gasteiger partial charge in [-0.1, -0.05) is 6.07 Å². The van der Waals surface area contributed by atoms with E-state index < -0.39 is 12.4 Å². The van der Waals surface area contributed by atoms with Gasteiger partial charge in [0.2, 0.25) is 6.79 Å². The zero-order valence-electron chi connectivity index (χ0n) is 14.2. The zero-order valence-corrected chi connectivity index (χ0v) is 14.2. The Kier molecular flexibility index (Phi) is 3.49. The summed E-state index contributed by atoms with van der Waals surface area (Å²) in [5.41, 5.74) is 3.40. The summed E-state index contributed by atoms with van der Waals surface area (Å²) in [6, 6.07) is 7.13. The molecule has 3 aliphatic heterocycles. The van der Waals surface area contributed by atoms with E-state index in [4.69, 9.17) is 18.9 Å². The van der Waals surface area contributed by atoms with E-state index in [1.807, 2.05) is 18.2 Å². The number of ether oxygens (including phenoxy) is 4. The number of fused-ring (bicyclic) bond motifs is 7. The summed E-state index contributed by atoms with van der Waals surface area (Å²) < 4.78 is 22.2. The molecule has 7 heteroatoms. The lowest BCUT2D eigenvalue weighted by atomic mass is 9.87. The first-order valence-corrected chi connectivity index (χ1v) is 8.56. The fourth-order valence-electron chi connectivity index (χ4n) is 4.09. The Balaban J connectivity index is 1.65. The smallest absolute Gasteiger partial charge is 0.231 e. The highest BCUT2D eigenvalue weighted by atomic mass is 16.7. The molecule has 0 spiro atoms. The number of nitrogens with one attached hydrogen (secondary N) is 1. The van der Waals surface area contributed by atoms with Gasteiger partial charge in [0.25, 0.3) is 0 Å². The Bertz CT molecular complexity index is 883. The Morgan fingerprint density at radius 2 is 2.08 bits per heavy atom. The van der Waals surface area contributed by atoms with Gasteiger partial charge < -0.3 is 34.5 Å². The Morgan fingerprint density at radius 3 is 2.92 bits per heavy atom. The number of methoxy groups -OCH3 is 1. The summed E-state index contributed by atoms with van der Waals surface area (Å²) in [4.78, 5) is 0. The van der Waals surface area contributed by atoms with Gasteiger partial charge >= 0.3 is 0 Å². The molecule has 3 aliphatic rings.